The lowest BCUT2D eigenvalue weighted by molar-refractivity contribution is -0.133. The van der Waals surface area contributed by atoms with Crippen LogP contribution in [0.5, 0.6) is 0 Å². The predicted octanol–water partition coefficient (Wildman–Crippen LogP) is 2.12. The second kappa shape index (κ2) is 8.29. The van der Waals surface area contributed by atoms with Crippen LogP contribution >= 0.6 is 0 Å². The van der Waals surface area contributed by atoms with Gasteiger partial charge in [0.25, 0.3) is 5.91 Å². The van der Waals surface area contributed by atoms with Crippen molar-refractivity contribution in [3.63, 3.8) is 0 Å². The number of nitrogens with zero attached hydrogens (tertiary/aromatic N) is 2. The minimum Gasteiger partial charge on any atom is -0.341 e. The molecule has 0 aromatic heterocycles. The van der Waals surface area contributed by atoms with Crippen molar-refractivity contribution >= 4 is 11.8 Å². The van der Waals surface area contributed by atoms with Crippen molar-refractivity contribution in [1.82, 2.24) is 15.1 Å². The Morgan fingerprint density at radius 2 is 1.71 bits per heavy atom. The molecule has 1 heterocycles. The van der Waals surface area contributed by atoms with Gasteiger partial charge in [0.05, 0.1) is 0 Å². The summed E-state index contributed by atoms with van der Waals surface area (Å²) in [6.07, 6.45) is 2.00. The number of amides is 2. The van der Waals surface area contributed by atoms with Crippen LogP contribution in [0, 0.1) is 5.92 Å². The van der Waals surface area contributed by atoms with Crippen LogP contribution in [-0.2, 0) is 11.3 Å². The molecule has 1 N–H and O–H groups in total. The van der Waals surface area contributed by atoms with Crippen molar-refractivity contribution in [2.45, 2.75) is 39.3 Å². The van der Waals surface area contributed by atoms with E-state index in [9.17, 15) is 9.59 Å². The molecule has 1 saturated heterocycles. The van der Waals surface area contributed by atoms with E-state index in [1.54, 1.807) is 4.90 Å². The number of rotatable bonds is 5. The molecule has 5 heteroatoms. The lowest BCUT2D eigenvalue weighted by atomic mass is 10.0. The fraction of sp³-hybridized carbons (Fsp3) is 0.579. The average Bonchev–Trinajstić information content (AvgIpc) is 2.61. The monoisotopic (exact) mass is 331 g/mol. The van der Waals surface area contributed by atoms with Gasteiger partial charge in [-0.1, -0.05) is 26.0 Å². The van der Waals surface area contributed by atoms with Gasteiger partial charge < -0.3 is 15.1 Å². The number of hydrogen-bond donors (Lipinski definition) is 1. The Bertz CT molecular complexity index is 562. The predicted molar refractivity (Wildman–Crippen MR) is 95.7 cm³/mol. The summed E-state index contributed by atoms with van der Waals surface area (Å²) < 4.78 is 0. The molecule has 132 valence electrons. The summed E-state index contributed by atoms with van der Waals surface area (Å²) in [5.74, 6) is 0.190. The Kier molecular flexibility index (Phi) is 6.37. The quantitative estimate of drug-likeness (QED) is 0.899. The number of piperidine rings is 1. The van der Waals surface area contributed by atoms with Crippen LogP contribution in [0.15, 0.2) is 24.3 Å². The first-order valence-corrected chi connectivity index (χ1v) is 8.72. The van der Waals surface area contributed by atoms with Crippen molar-refractivity contribution in [3.05, 3.63) is 35.4 Å². The van der Waals surface area contributed by atoms with Gasteiger partial charge in [0, 0.05) is 38.2 Å². The molecule has 0 radical (unpaired) electrons. The average molecular weight is 331 g/mol. The molecule has 24 heavy (non-hydrogen) atoms. The molecule has 1 fully saturated rings. The zero-order chi connectivity index (χ0) is 17.7. The highest BCUT2D eigenvalue weighted by Gasteiger charge is 2.22. The molecule has 0 spiro atoms. The van der Waals surface area contributed by atoms with Crippen LogP contribution in [0.25, 0.3) is 0 Å². The molecule has 0 bridgehead atoms. The Balaban J connectivity index is 1.98. The third-order valence-corrected chi connectivity index (χ3v) is 4.67. The zero-order valence-corrected chi connectivity index (χ0v) is 15.2. The van der Waals surface area contributed by atoms with Crippen LogP contribution in [-0.4, -0.2) is 54.8 Å². The van der Waals surface area contributed by atoms with Crippen molar-refractivity contribution in [2.24, 2.45) is 5.92 Å². The van der Waals surface area contributed by atoms with Crippen LogP contribution in [0.4, 0.5) is 0 Å². The Labute approximate surface area is 145 Å². The highest BCUT2D eigenvalue weighted by atomic mass is 16.2. The van der Waals surface area contributed by atoms with Crippen LogP contribution < -0.4 is 5.32 Å². The van der Waals surface area contributed by atoms with E-state index in [4.69, 9.17) is 0 Å². The first-order chi connectivity index (χ1) is 11.4. The highest BCUT2D eigenvalue weighted by Crippen LogP contribution is 2.15. The maximum absolute atomic E-state index is 12.6. The molecule has 1 aliphatic rings. The minimum atomic E-state index is -0.00511. The van der Waals surface area contributed by atoms with E-state index in [1.165, 1.54) is 0 Å². The third-order valence-electron chi connectivity index (χ3n) is 4.67. The molecule has 0 aliphatic carbocycles. The second-order valence-corrected chi connectivity index (χ2v) is 6.94. The Hall–Kier alpha value is -1.88. The summed E-state index contributed by atoms with van der Waals surface area (Å²) in [6.45, 7) is 6.30. The van der Waals surface area contributed by atoms with Gasteiger partial charge >= 0.3 is 0 Å². The first kappa shape index (κ1) is 18.5. The van der Waals surface area contributed by atoms with Crippen LogP contribution in [0.3, 0.4) is 0 Å². The van der Waals surface area contributed by atoms with Gasteiger partial charge in [0.1, 0.15) is 0 Å². The van der Waals surface area contributed by atoms with Gasteiger partial charge in [0.2, 0.25) is 5.91 Å². The lowest BCUT2D eigenvalue weighted by Gasteiger charge is -2.31. The molecule has 1 aliphatic heterocycles. The maximum atomic E-state index is 12.6. The molecule has 0 saturated carbocycles. The van der Waals surface area contributed by atoms with E-state index in [2.05, 4.69) is 5.32 Å². The lowest BCUT2D eigenvalue weighted by Crippen LogP contribution is -2.43. The summed E-state index contributed by atoms with van der Waals surface area (Å²) >= 11 is 0. The van der Waals surface area contributed by atoms with E-state index < -0.39 is 0 Å². The topological polar surface area (TPSA) is 52.7 Å². The van der Waals surface area contributed by atoms with Crippen molar-refractivity contribution in [3.8, 4) is 0 Å². The van der Waals surface area contributed by atoms with Crippen molar-refractivity contribution in [2.75, 3.05) is 27.2 Å². The molecule has 2 rings (SSSR count). The summed E-state index contributed by atoms with van der Waals surface area (Å²) in [5, 5.41) is 3.32. The molecule has 0 atom stereocenters. The van der Waals surface area contributed by atoms with E-state index in [0.717, 1.165) is 31.5 Å². The number of carbonyl (C=O) groups is 2. The highest BCUT2D eigenvalue weighted by molar-refractivity contribution is 5.94. The smallest absolute Gasteiger partial charge is 0.253 e. The largest absolute Gasteiger partial charge is 0.341 e. The van der Waals surface area contributed by atoms with E-state index in [1.807, 2.05) is 57.1 Å². The van der Waals surface area contributed by atoms with Crippen molar-refractivity contribution < 1.29 is 9.59 Å². The molecule has 1 aromatic rings. The van der Waals surface area contributed by atoms with Gasteiger partial charge in [-0.05, 0) is 43.6 Å². The van der Waals surface area contributed by atoms with E-state index in [0.29, 0.717) is 18.2 Å². The molecule has 1 aromatic carbocycles. The molecule has 2 amide bonds. The van der Waals surface area contributed by atoms with E-state index >= 15 is 0 Å². The summed E-state index contributed by atoms with van der Waals surface area (Å²) in [7, 11) is 3.70. The van der Waals surface area contributed by atoms with Gasteiger partial charge in [-0.3, -0.25) is 9.59 Å². The summed E-state index contributed by atoms with van der Waals surface area (Å²) in [6, 6.07) is 7.92. The fourth-order valence-electron chi connectivity index (χ4n) is 3.11. The molecular formula is C19H29N3O2. The third kappa shape index (κ3) is 4.57. The summed E-state index contributed by atoms with van der Waals surface area (Å²) in [5.41, 5.74) is 1.74. The molecule has 0 unspecified atom stereocenters. The number of nitrogens with one attached hydrogen (secondary N) is 1. The zero-order valence-electron chi connectivity index (χ0n) is 15.2. The minimum absolute atomic E-state index is 0.00511. The number of benzene rings is 1. The molecule has 5 nitrogen and oxygen atoms in total. The van der Waals surface area contributed by atoms with Gasteiger partial charge in [-0.25, -0.2) is 0 Å². The second-order valence-electron chi connectivity index (χ2n) is 6.94. The Morgan fingerprint density at radius 3 is 2.25 bits per heavy atom. The summed E-state index contributed by atoms with van der Waals surface area (Å²) in [4.78, 5) is 28.2. The van der Waals surface area contributed by atoms with Gasteiger partial charge in [0.15, 0.2) is 0 Å². The number of hydrogen-bond acceptors (Lipinski definition) is 3. The number of carbonyl (C=O) groups excluding carboxylic acids is 2. The normalized spacial score (nSPS) is 15.4. The van der Waals surface area contributed by atoms with Crippen molar-refractivity contribution in [1.29, 1.82) is 0 Å². The maximum Gasteiger partial charge on any atom is 0.253 e. The SMILES string of the molecule is CC(C)C(=O)N(C)Cc1ccc(C(=O)N(C)C2CCNCC2)cc1. The van der Waals surface area contributed by atoms with E-state index in [-0.39, 0.29) is 17.7 Å². The van der Waals surface area contributed by atoms with Gasteiger partial charge in [-0.2, -0.15) is 0 Å². The van der Waals surface area contributed by atoms with Gasteiger partial charge in [-0.15, -0.1) is 0 Å². The van der Waals surface area contributed by atoms with Crippen LogP contribution in [0.2, 0.25) is 0 Å². The van der Waals surface area contributed by atoms with Crippen LogP contribution in [0.1, 0.15) is 42.6 Å². The fourth-order valence-corrected chi connectivity index (χ4v) is 3.11. The standard InChI is InChI=1S/C19H29N3O2/c1-14(2)18(23)21(3)13-15-5-7-16(8-6-15)19(24)22(4)17-9-11-20-12-10-17/h5-8,14,17,20H,9-13H2,1-4H3. The Morgan fingerprint density at radius 1 is 1.12 bits per heavy atom. The molecular weight excluding hydrogens is 302 g/mol. The first-order valence-electron chi connectivity index (χ1n) is 8.72.